The van der Waals surface area contributed by atoms with E-state index in [1.807, 2.05) is 13.0 Å². The molecule has 136 valence electrons. The smallest absolute Gasteiger partial charge is 0.259 e. The zero-order valence-corrected chi connectivity index (χ0v) is 15.0. The number of nitrogens with zero attached hydrogens (tertiary/aromatic N) is 2. The number of aromatic nitrogens is 2. The molecule has 0 aliphatic heterocycles. The van der Waals surface area contributed by atoms with Crippen LogP contribution in [0.2, 0.25) is 0 Å². The molecule has 0 fully saturated rings. The summed E-state index contributed by atoms with van der Waals surface area (Å²) in [6, 6.07) is 8.76. The highest BCUT2D eigenvalue weighted by molar-refractivity contribution is 5.93. The summed E-state index contributed by atoms with van der Waals surface area (Å²) in [5.74, 6) is 0.940. The molecule has 0 bridgehead atoms. The predicted octanol–water partition coefficient (Wildman–Crippen LogP) is 2.48. The van der Waals surface area contributed by atoms with Gasteiger partial charge in [-0.25, -0.2) is 0 Å². The fourth-order valence-corrected chi connectivity index (χ4v) is 2.87. The van der Waals surface area contributed by atoms with Crippen LogP contribution in [-0.4, -0.2) is 29.3 Å². The summed E-state index contributed by atoms with van der Waals surface area (Å²) < 4.78 is 13.8. The van der Waals surface area contributed by atoms with E-state index in [1.165, 1.54) is 7.11 Å². The summed E-state index contributed by atoms with van der Waals surface area (Å²) in [7, 11) is 3.10. The molecule has 2 aromatic heterocycles. The minimum Gasteiger partial charge on any atom is -0.497 e. The van der Waals surface area contributed by atoms with Crippen LogP contribution in [0.1, 0.15) is 6.92 Å². The average molecular weight is 355 g/mol. The normalized spacial score (nSPS) is 10.7. The predicted molar refractivity (Wildman–Crippen MR) is 100 cm³/mol. The van der Waals surface area contributed by atoms with Crippen molar-refractivity contribution in [2.45, 2.75) is 20.0 Å². The van der Waals surface area contributed by atoms with Gasteiger partial charge in [-0.2, -0.15) is 0 Å². The number of rotatable bonds is 6. The largest absolute Gasteiger partial charge is 0.497 e. The Morgan fingerprint density at radius 3 is 2.54 bits per heavy atom. The van der Waals surface area contributed by atoms with Crippen LogP contribution in [0.5, 0.6) is 11.5 Å². The zero-order valence-electron chi connectivity index (χ0n) is 15.0. The highest BCUT2D eigenvalue weighted by Crippen LogP contribution is 2.29. The summed E-state index contributed by atoms with van der Waals surface area (Å²) in [5.41, 5.74) is 1.24. The first kappa shape index (κ1) is 17.6. The van der Waals surface area contributed by atoms with Gasteiger partial charge in [0.2, 0.25) is 5.91 Å². The number of hydrogen-bond donors (Lipinski definition) is 1. The van der Waals surface area contributed by atoms with Crippen molar-refractivity contribution < 1.29 is 14.3 Å². The van der Waals surface area contributed by atoms with Crippen LogP contribution in [0.4, 0.5) is 5.69 Å². The fourth-order valence-electron chi connectivity index (χ4n) is 2.87. The number of carbonyl (C=O) groups excluding carboxylic acids is 1. The topological polar surface area (TPSA) is 74.5 Å². The van der Waals surface area contributed by atoms with Gasteiger partial charge in [-0.1, -0.05) is 0 Å². The SMILES string of the molecule is CCn1ccc2c(ccn2CC(=O)Nc2ccc(OC)cc2OC)c1=O. The summed E-state index contributed by atoms with van der Waals surface area (Å²) in [5, 5.41) is 3.43. The van der Waals surface area contributed by atoms with Gasteiger partial charge in [0.25, 0.3) is 5.56 Å². The van der Waals surface area contributed by atoms with Gasteiger partial charge in [0.1, 0.15) is 18.0 Å². The van der Waals surface area contributed by atoms with Crippen LogP contribution in [0.25, 0.3) is 10.9 Å². The highest BCUT2D eigenvalue weighted by atomic mass is 16.5. The van der Waals surface area contributed by atoms with Crippen molar-refractivity contribution in [2.75, 3.05) is 19.5 Å². The lowest BCUT2D eigenvalue weighted by atomic mass is 10.2. The Morgan fingerprint density at radius 1 is 1.08 bits per heavy atom. The third kappa shape index (κ3) is 3.28. The third-order valence-corrected chi connectivity index (χ3v) is 4.25. The van der Waals surface area contributed by atoms with E-state index in [-0.39, 0.29) is 18.0 Å². The molecule has 0 aliphatic carbocycles. The molecule has 26 heavy (non-hydrogen) atoms. The number of hydrogen-bond acceptors (Lipinski definition) is 4. The maximum atomic E-state index is 12.5. The molecule has 0 saturated carbocycles. The molecule has 7 heteroatoms. The number of pyridine rings is 1. The van der Waals surface area contributed by atoms with Gasteiger partial charge >= 0.3 is 0 Å². The van der Waals surface area contributed by atoms with E-state index in [9.17, 15) is 9.59 Å². The number of nitrogens with one attached hydrogen (secondary N) is 1. The number of fused-ring (bicyclic) bond motifs is 1. The van der Waals surface area contributed by atoms with E-state index in [4.69, 9.17) is 9.47 Å². The lowest BCUT2D eigenvalue weighted by Crippen LogP contribution is -2.20. The van der Waals surface area contributed by atoms with Crippen molar-refractivity contribution in [3.05, 3.63) is 53.1 Å². The molecule has 0 atom stereocenters. The first-order valence-corrected chi connectivity index (χ1v) is 8.27. The maximum Gasteiger partial charge on any atom is 0.259 e. The number of carbonyl (C=O) groups is 1. The number of anilines is 1. The standard InChI is InChI=1S/C19H21N3O4/c1-4-21-10-8-16-14(19(21)24)7-9-22(16)12-18(23)20-15-6-5-13(25-2)11-17(15)26-3/h5-11H,4,12H2,1-3H3,(H,20,23). The van der Waals surface area contributed by atoms with E-state index in [0.717, 1.165) is 5.52 Å². The average Bonchev–Trinajstić information content (AvgIpc) is 3.06. The van der Waals surface area contributed by atoms with Crippen molar-refractivity contribution in [3.8, 4) is 11.5 Å². The van der Waals surface area contributed by atoms with Crippen LogP contribution < -0.4 is 20.3 Å². The zero-order chi connectivity index (χ0) is 18.7. The van der Waals surface area contributed by atoms with Gasteiger partial charge in [-0.05, 0) is 31.2 Å². The van der Waals surface area contributed by atoms with E-state index in [2.05, 4.69) is 5.32 Å². The van der Waals surface area contributed by atoms with Gasteiger partial charge in [0.05, 0.1) is 30.8 Å². The number of methoxy groups -OCH3 is 2. The number of amides is 1. The van der Waals surface area contributed by atoms with Crippen LogP contribution >= 0.6 is 0 Å². The first-order chi connectivity index (χ1) is 12.6. The first-order valence-electron chi connectivity index (χ1n) is 8.27. The molecule has 3 rings (SSSR count). The molecule has 3 aromatic rings. The second kappa shape index (κ2) is 7.35. The molecule has 0 unspecified atom stereocenters. The summed E-state index contributed by atoms with van der Waals surface area (Å²) in [6.07, 6.45) is 3.49. The Bertz CT molecular complexity index is 1000. The van der Waals surface area contributed by atoms with E-state index in [1.54, 1.807) is 52.9 Å². The second-order valence-corrected chi connectivity index (χ2v) is 5.76. The molecule has 0 spiro atoms. The molecule has 7 nitrogen and oxygen atoms in total. The van der Waals surface area contributed by atoms with Crippen molar-refractivity contribution in [1.29, 1.82) is 0 Å². The van der Waals surface area contributed by atoms with Gasteiger partial charge in [0.15, 0.2) is 0 Å². The van der Waals surface area contributed by atoms with Gasteiger partial charge in [0, 0.05) is 25.0 Å². The van der Waals surface area contributed by atoms with Gasteiger partial charge < -0.3 is 23.9 Å². The fraction of sp³-hybridized carbons (Fsp3) is 0.263. The molecule has 0 radical (unpaired) electrons. The molecule has 1 amide bonds. The monoisotopic (exact) mass is 355 g/mol. The maximum absolute atomic E-state index is 12.5. The molecule has 0 aliphatic rings. The van der Waals surface area contributed by atoms with Crippen molar-refractivity contribution in [1.82, 2.24) is 9.13 Å². The van der Waals surface area contributed by atoms with E-state index >= 15 is 0 Å². The molecule has 1 N–H and O–H groups in total. The number of aryl methyl sites for hydroxylation is 1. The number of ether oxygens (including phenoxy) is 2. The van der Waals surface area contributed by atoms with E-state index in [0.29, 0.717) is 29.1 Å². The Labute approximate surface area is 150 Å². The summed E-state index contributed by atoms with van der Waals surface area (Å²) >= 11 is 0. The van der Waals surface area contributed by atoms with Crippen LogP contribution in [0.15, 0.2) is 47.5 Å². The lowest BCUT2D eigenvalue weighted by molar-refractivity contribution is -0.116. The Hall–Kier alpha value is -3.22. The molecule has 1 aromatic carbocycles. The molecule has 2 heterocycles. The Morgan fingerprint density at radius 2 is 1.85 bits per heavy atom. The third-order valence-electron chi connectivity index (χ3n) is 4.25. The number of benzene rings is 1. The Kier molecular flexibility index (Phi) is 4.97. The van der Waals surface area contributed by atoms with Gasteiger partial charge in [-0.15, -0.1) is 0 Å². The molecule has 0 saturated heterocycles. The van der Waals surface area contributed by atoms with E-state index < -0.39 is 0 Å². The summed E-state index contributed by atoms with van der Waals surface area (Å²) in [6.45, 7) is 2.62. The van der Waals surface area contributed by atoms with Crippen LogP contribution in [0, 0.1) is 0 Å². The summed E-state index contributed by atoms with van der Waals surface area (Å²) in [4.78, 5) is 24.8. The lowest BCUT2D eigenvalue weighted by Gasteiger charge is -2.12. The molecular weight excluding hydrogens is 334 g/mol. The molecular formula is C19H21N3O4. The quantitative estimate of drug-likeness (QED) is 0.737. The van der Waals surface area contributed by atoms with Gasteiger partial charge in [-0.3, -0.25) is 9.59 Å². The second-order valence-electron chi connectivity index (χ2n) is 5.76. The Balaban J connectivity index is 1.82. The minimum absolute atomic E-state index is 0.0546. The van der Waals surface area contributed by atoms with Crippen LogP contribution in [0.3, 0.4) is 0 Å². The van der Waals surface area contributed by atoms with Crippen molar-refractivity contribution in [2.24, 2.45) is 0 Å². The van der Waals surface area contributed by atoms with Crippen molar-refractivity contribution >= 4 is 22.5 Å². The highest BCUT2D eigenvalue weighted by Gasteiger charge is 2.12. The minimum atomic E-state index is -0.217. The van der Waals surface area contributed by atoms with Crippen LogP contribution in [-0.2, 0) is 17.9 Å². The van der Waals surface area contributed by atoms with Crippen molar-refractivity contribution in [3.63, 3.8) is 0 Å².